The molecule has 0 radical (unpaired) electrons. The lowest BCUT2D eigenvalue weighted by Gasteiger charge is -2.28. The Kier molecular flexibility index (Phi) is 5.41. The Morgan fingerprint density at radius 1 is 1.28 bits per heavy atom. The number of sulfonamides is 1. The van der Waals surface area contributed by atoms with Crippen molar-refractivity contribution in [2.75, 3.05) is 11.3 Å². The molecule has 1 aromatic heterocycles. The average molecular weight is 380 g/mol. The summed E-state index contributed by atoms with van der Waals surface area (Å²) in [5.41, 5.74) is 0.817. The summed E-state index contributed by atoms with van der Waals surface area (Å²) in [5.74, 6) is -0.184. The smallest absolute Gasteiger partial charge is 0.271 e. The lowest BCUT2D eigenvalue weighted by Crippen LogP contribution is -2.46. The normalized spacial score (nSPS) is 20.8. The first kappa shape index (κ1) is 17.9. The molecule has 2 atom stereocenters. The second kappa shape index (κ2) is 7.55. The van der Waals surface area contributed by atoms with Crippen molar-refractivity contribution in [3.8, 4) is 0 Å². The van der Waals surface area contributed by atoms with Crippen LogP contribution in [0.1, 0.15) is 30.1 Å². The number of piperidine rings is 1. The van der Waals surface area contributed by atoms with E-state index in [4.69, 9.17) is 0 Å². The fourth-order valence-electron chi connectivity index (χ4n) is 2.88. The minimum Gasteiger partial charge on any atom is -0.349 e. The van der Waals surface area contributed by atoms with Gasteiger partial charge in [0.15, 0.2) is 0 Å². The first-order valence-electron chi connectivity index (χ1n) is 8.15. The molecule has 1 aromatic carbocycles. The molecule has 0 bridgehead atoms. The predicted molar refractivity (Wildman–Crippen MR) is 99.5 cm³/mol. The zero-order valence-corrected chi connectivity index (χ0v) is 15.5. The van der Waals surface area contributed by atoms with Gasteiger partial charge in [-0.1, -0.05) is 12.1 Å². The van der Waals surface area contributed by atoms with Gasteiger partial charge in [0.1, 0.15) is 4.21 Å². The molecule has 1 saturated heterocycles. The average Bonchev–Trinajstić information content (AvgIpc) is 3.10. The second-order valence-electron chi connectivity index (χ2n) is 6.17. The number of rotatable bonds is 5. The lowest BCUT2D eigenvalue weighted by atomic mass is 10.0. The van der Waals surface area contributed by atoms with Crippen molar-refractivity contribution >= 4 is 33.0 Å². The van der Waals surface area contributed by atoms with Crippen LogP contribution in [0, 0.1) is 0 Å². The monoisotopic (exact) mass is 379 g/mol. The van der Waals surface area contributed by atoms with Gasteiger partial charge in [0.25, 0.3) is 15.9 Å². The third kappa shape index (κ3) is 4.59. The van der Waals surface area contributed by atoms with Crippen LogP contribution >= 0.6 is 11.3 Å². The molecule has 0 spiro atoms. The Balaban J connectivity index is 1.70. The fraction of sp³-hybridized carbons (Fsp3) is 0.353. The summed E-state index contributed by atoms with van der Waals surface area (Å²) in [6.07, 6.45) is 1.78. The summed E-state index contributed by atoms with van der Waals surface area (Å²) < 4.78 is 27.3. The molecule has 1 fully saturated rings. The van der Waals surface area contributed by atoms with Crippen molar-refractivity contribution in [1.29, 1.82) is 0 Å². The van der Waals surface area contributed by atoms with Gasteiger partial charge in [0.2, 0.25) is 0 Å². The van der Waals surface area contributed by atoms with E-state index in [-0.39, 0.29) is 16.2 Å². The van der Waals surface area contributed by atoms with Crippen molar-refractivity contribution in [1.82, 2.24) is 10.6 Å². The highest BCUT2D eigenvalue weighted by Gasteiger charge is 2.21. The van der Waals surface area contributed by atoms with Crippen LogP contribution in [0.5, 0.6) is 0 Å². The van der Waals surface area contributed by atoms with Crippen LogP contribution in [0.4, 0.5) is 5.69 Å². The minimum atomic E-state index is -3.62. The summed E-state index contributed by atoms with van der Waals surface area (Å²) in [5, 5.41) is 8.08. The first-order chi connectivity index (χ1) is 11.9. The van der Waals surface area contributed by atoms with Crippen LogP contribution in [0.25, 0.3) is 0 Å². The summed E-state index contributed by atoms with van der Waals surface area (Å²) in [6, 6.07) is 10.3. The highest BCUT2D eigenvalue weighted by Crippen LogP contribution is 2.21. The number of amides is 1. The van der Waals surface area contributed by atoms with Crippen molar-refractivity contribution in [2.24, 2.45) is 0 Å². The van der Waals surface area contributed by atoms with Crippen molar-refractivity contribution in [3.05, 3.63) is 47.3 Å². The van der Waals surface area contributed by atoms with Crippen molar-refractivity contribution < 1.29 is 13.2 Å². The molecule has 2 aromatic rings. The van der Waals surface area contributed by atoms with E-state index in [1.165, 1.54) is 0 Å². The molecule has 2 heterocycles. The quantitative estimate of drug-likeness (QED) is 0.745. The molecule has 134 valence electrons. The number of hydrogen-bond acceptors (Lipinski definition) is 5. The van der Waals surface area contributed by atoms with E-state index in [0.717, 1.165) is 30.7 Å². The van der Waals surface area contributed by atoms with E-state index in [0.29, 0.717) is 17.3 Å². The summed E-state index contributed by atoms with van der Waals surface area (Å²) >= 11 is 1.15. The SMILES string of the molecule is CC1CC(NC(=O)c2cccc(NS(=O)(=O)c3cccs3)c2)CCN1. The third-order valence-corrected chi connectivity index (χ3v) is 6.87. The highest BCUT2D eigenvalue weighted by atomic mass is 32.2. The number of hydrogen-bond donors (Lipinski definition) is 3. The first-order valence-corrected chi connectivity index (χ1v) is 10.5. The van der Waals surface area contributed by atoms with E-state index >= 15 is 0 Å². The maximum atomic E-state index is 12.5. The summed E-state index contributed by atoms with van der Waals surface area (Å²) in [6.45, 7) is 2.98. The van der Waals surface area contributed by atoms with Crippen LogP contribution in [0.3, 0.4) is 0 Å². The van der Waals surface area contributed by atoms with Crippen LogP contribution in [-0.4, -0.2) is 33.0 Å². The van der Waals surface area contributed by atoms with E-state index in [2.05, 4.69) is 22.3 Å². The highest BCUT2D eigenvalue weighted by molar-refractivity contribution is 7.94. The zero-order valence-electron chi connectivity index (χ0n) is 13.9. The van der Waals surface area contributed by atoms with E-state index in [9.17, 15) is 13.2 Å². The molecule has 1 amide bonds. The van der Waals surface area contributed by atoms with Crippen LogP contribution in [0.2, 0.25) is 0 Å². The molecule has 2 unspecified atom stereocenters. The van der Waals surface area contributed by atoms with Crippen LogP contribution in [0.15, 0.2) is 46.0 Å². The van der Waals surface area contributed by atoms with Gasteiger partial charge < -0.3 is 10.6 Å². The zero-order chi connectivity index (χ0) is 17.9. The standard InChI is InChI=1S/C17H21N3O3S2/c1-12-10-14(7-8-18-12)19-17(21)13-4-2-5-15(11-13)20-25(22,23)16-6-3-9-24-16/h2-6,9,11-12,14,18,20H,7-8,10H2,1H3,(H,19,21). The van der Waals surface area contributed by atoms with Crippen LogP contribution < -0.4 is 15.4 Å². The van der Waals surface area contributed by atoms with E-state index in [1.54, 1.807) is 41.8 Å². The molecule has 3 N–H and O–H groups in total. The largest absolute Gasteiger partial charge is 0.349 e. The van der Waals surface area contributed by atoms with Gasteiger partial charge in [-0.2, -0.15) is 0 Å². The van der Waals surface area contributed by atoms with Gasteiger partial charge in [-0.05, 0) is 56.0 Å². The Hall–Kier alpha value is -1.90. The number of carbonyl (C=O) groups is 1. The Bertz CT molecular complexity index is 835. The molecule has 0 saturated carbocycles. The molecule has 1 aliphatic heterocycles. The predicted octanol–water partition coefficient (Wildman–Crippen LogP) is 2.42. The summed E-state index contributed by atoms with van der Waals surface area (Å²) in [7, 11) is -3.62. The fourth-order valence-corrected chi connectivity index (χ4v) is 4.92. The van der Waals surface area contributed by atoms with E-state index < -0.39 is 10.0 Å². The molecular weight excluding hydrogens is 358 g/mol. The van der Waals surface area contributed by atoms with E-state index in [1.807, 2.05) is 0 Å². The second-order valence-corrected chi connectivity index (χ2v) is 9.03. The molecule has 3 rings (SSSR count). The van der Waals surface area contributed by atoms with Crippen molar-refractivity contribution in [3.63, 3.8) is 0 Å². The van der Waals surface area contributed by atoms with Gasteiger partial charge >= 0.3 is 0 Å². The topological polar surface area (TPSA) is 87.3 Å². The number of nitrogens with one attached hydrogen (secondary N) is 3. The Morgan fingerprint density at radius 2 is 2.12 bits per heavy atom. The molecular formula is C17H21N3O3S2. The third-order valence-electron chi connectivity index (χ3n) is 4.10. The lowest BCUT2D eigenvalue weighted by molar-refractivity contribution is 0.0925. The number of thiophene rings is 1. The maximum absolute atomic E-state index is 12.5. The number of anilines is 1. The maximum Gasteiger partial charge on any atom is 0.271 e. The Morgan fingerprint density at radius 3 is 2.84 bits per heavy atom. The van der Waals surface area contributed by atoms with Gasteiger partial charge in [-0.25, -0.2) is 8.42 Å². The Labute approximate surface area is 151 Å². The molecule has 1 aliphatic rings. The van der Waals surface area contributed by atoms with Crippen molar-refractivity contribution in [2.45, 2.75) is 36.1 Å². The molecule has 25 heavy (non-hydrogen) atoms. The molecule has 8 heteroatoms. The number of carbonyl (C=O) groups excluding carboxylic acids is 1. The summed E-state index contributed by atoms with van der Waals surface area (Å²) in [4.78, 5) is 12.5. The van der Waals surface area contributed by atoms with Crippen LogP contribution in [-0.2, 0) is 10.0 Å². The van der Waals surface area contributed by atoms with Gasteiger partial charge in [0.05, 0.1) is 0 Å². The van der Waals surface area contributed by atoms with Gasteiger partial charge in [-0.3, -0.25) is 9.52 Å². The van der Waals surface area contributed by atoms with Gasteiger partial charge in [0, 0.05) is 23.3 Å². The van der Waals surface area contributed by atoms with Gasteiger partial charge in [-0.15, -0.1) is 11.3 Å². The minimum absolute atomic E-state index is 0.134. The molecule has 6 nitrogen and oxygen atoms in total. The molecule has 0 aliphatic carbocycles. The number of benzene rings is 1.